The van der Waals surface area contributed by atoms with Crippen molar-refractivity contribution in [1.82, 2.24) is 4.90 Å². The highest BCUT2D eigenvalue weighted by atomic mass is 35.5. The molecule has 7 heteroatoms. The molecule has 1 saturated heterocycles. The quantitative estimate of drug-likeness (QED) is 0.782. The summed E-state index contributed by atoms with van der Waals surface area (Å²) in [5.41, 5.74) is 3.55. The predicted octanol–water partition coefficient (Wildman–Crippen LogP) is 3.16. The molecule has 2 aromatic rings. The summed E-state index contributed by atoms with van der Waals surface area (Å²) in [4.78, 5) is 16.8. The van der Waals surface area contributed by atoms with Crippen molar-refractivity contribution in [1.29, 1.82) is 0 Å². The molecule has 0 N–H and O–H groups in total. The second kappa shape index (κ2) is 7.90. The summed E-state index contributed by atoms with van der Waals surface area (Å²) >= 11 is 6.12. The molecular formula is C20H23ClN2O3S. The van der Waals surface area contributed by atoms with Crippen LogP contribution >= 0.6 is 11.6 Å². The number of aryl methyl sites for hydroxylation is 1. The van der Waals surface area contributed by atoms with E-state index in [4.69, 9.17) is 11.6 Å². The number of hydrogen-bond donors (Lipinski definition) is 0. The van der Waals surface area contributed by atoms with Crippen LogP contribution in [0.25, 0.3) is 0 Å². The maximum absolute atomic E-state index is 12.7. The summed E-state index contributed by atoms with van der Waals surface area (Å²) in [6.45, 7) is 4.82. The number of carbonyl (C=O) groups is 1. The molecule has 2 aromatic carbocycles. The molecule has 1 amide bonds. The lowest BCUT2D eigenvalue weighted by Crippen LogP contribution is -2.49. The average molecular weight is 407 g/mol. The van der Waals surface area contributed by atoms with Crippen molar-refractivity contribution in [2.24, 2.45) is 0 Å². The molecular weight excluding hydrogens is 384 g/mol. The van der Waals surface area contributed by atoms with Gasteiger partial charge in [-0.2, -0.15) is 0 Å². The molecule has 1 aliphatic rings. The Morgan fingerprint density at radius 1 is 1.04 bits per heavy atom. The van der Waals surface area contributed by atoms with Crippen LogP contribution in [0.15, 0.2) is 42.5 Å². The Bertz CT molecular complexity index is 934. The van der Waals surface area contributed by atoms with Gasteiger partial charge in [0.05, 0.1) is 5.75 Å². The molecule has 0 unspecified atom stereocenters. The molecule has 0 spiro atoms. The molecule has 1 heterocycles. The number of anilines is 1. The summed E-state index contributed by atoms with van der Waals surface area (Å²) in [7, 11) is -3.08. The van der Waals surface area contributed by atoms with E-state index in [0.29, 0.717) is 29.2 Å². The molecule has 0 saturated carbocycles. The highest BCUT2D eigenvalue weighted by Crippen LogP contribution is 2.25. The molecule has 0 atom stereocenters. The zero-order valence-electron chi connectivity index (χ0n) is 15.5. The number of hydrogen-bond acceptors (Lipinski definition) is 4. The Balaban J connectivity index is 1.64. The molecule has 0 radical (unpaired) electrons. The van der Waals surface area contributed by atoms with Crippen molar-refractivity contribution >= 4 is 33.0 Å². The van der Waals surface area contributed by atoms with Gasteiger partial charge in [0, 0.05) is 48.7 Å². The largest absolute Gasteiger partial charge is 0.368 e. The number of halogens is 1. The van der Waals surface area contributed by atoms with Gasteiger partial charge >= 0.3 is 0 Å². The maximum atomic E-state index is 12.7. The lowest BCUT2D eigenvalue weighted by Gasteiger charge is -2.37. The Hall–Kier alpha value is -2.05. The van der Waals surface area contributed by atoms with E-state index in [1.165, 1.54) is 11.8 Å². The summed E-state index contributed by atoms with van der Waals surface area (Å²) in [5, 5.41) is 0.711. The number of nitrogens with zero attached hydrogens (tertiary/aromatic N) is 2. The second-order valence-electron chi connectivity index (χ2n) is 6.98. The molecule has 3 rings (SSSR count). The van der Waals surface area contributed by atoms with Crippen LogP contribution in [0.5, 0.6) is 0 Å². The molecule has 0 aliphatic carbocycles. The smallest absolute Gasteiger partial charge is 0.253 e. The first-order valence-electron chi connectivity index (χ1n) is 8.80. The van der Waals surface area contributed by atoms with E-state index in [2.05, 4.69) is 11.8 Å². The standard InChI is InChI=1S/C20H23ClN2O3S/c1-15-3-8-18(21)13-19(15)22-9-11-23(12-10-22)20(24)17-6-4-16(5-7-17)14-27(2,25)26/h3-8,13H,9-12,14H2,1-2H3. The van der Waals surface area contributed by atoms with Gasteiger partial charge < -0.3 is 9.80 Å². The van der Waals surface area contributed by atoms with Gasteiger partial charge in [-0.1, -0.05) is 29.8 Å². The van der Waals surface area contributed by atoms with Gasteiger partial charge in [-0.15, -0.1) is 0 Å². The minimum atomic E-state index is -3.08. The first-order valence-corrected chi connectivity index (χ1v) is 11.2. The average Bonchev–Trinajstić information content (AvgIpc) is 2.63. The fourth-order valence-corrected chi connectivity index (χ4v) is 4.27. The van der Waals surface area contributed by atoms with Gasteiger partial charge in [-0.05, 0) is 42.3 Å². The zero-order chi connectivity index (χ0) is 19.6. The molecule has 0 bridgehead atoms. The van der Waals surface area contributed by atoms with Crippen LogP contribution in [0.1, 0.15) is 21.5 Å². The molecule has 1 aliphatic heterocycles. The Morgan fingerprint density at radius 3 is 2.26 bits per heavy atom. The van der Waals surface area contributed by atoms with Crippen molar-refractivity contribution in [3.63, 3.8) is 0 Å². The van der Waals surface area contributed by atoms with Gasteiger partial charge in [-0.3, -0.25) is 4.79 Å². The van der Waals surface area contributed by atoms with Crippen LogP contribution in [0.3, 0.4) is 0 Å². The lowest BCUT2D eigenvalue weighted by molar-refractivity contribution is 0.0747. The summed E-state index contributed by atoms with van der Waals surface area (Å²) in [5.74, 6) is -0.0394. The van der Waals surface area contributed by atoms with Crippen LogP contribution in [0.2, 0.25) is 5.02 Å². The van der Waals surface area contributed by atoms with Gasteiger partial charge in [0.2, 0.25) is 0 Å². The van der Waals surface area contributed by atoms with Crippen molar-refractivity contribution in [2.45, 2.75) is 12.7 Å². The normalized spacial score (nSPS) is 15.1. The topological polar surface area (TPSA) is 57.7 Å². The van der Waals surface area contributed by atoms with E-state index in [-0.39, 0.29) is 11.7 Å². The van der Waals surface area contributed by atoms with Gasteiger partial charge in [0.1, 0.15) is 0 Å². The monoisotopic (exact) mass is 406 g/mol. The van der Waals surface area contributed by atoms with Crippen molar-refractivity contribution < 1.29 is 13.2 Å². The minimum absolute atomic E-state index is 0.0148. The third kappa shape index (κ3) is 5.02. The fourth-order valence-electron chi connectivity index (χ4n) is 3.30. The predicted molar refractivity (Wildman–Crippen MR) is 109 cm³/mol. The number of benzene rings is 2. The van der Waals surface area contributed by atoms with Gasteiger partial charge in [0.25, 0.3) is 5.91 Å². The summed E-state index contributed by atoms with van der Waals surface area (Å²) < 4.78 is 22.7. The molecule has 1 fully saturated rings. The number of sulfone groups is 1. The van der Waals surface area contributed by atoms with E-state index in [1.807, 2.05) is 23.1 Å². The lowest BCUT2D eigenvalue weighted by atomic mass is 10.1. The van der Waals surface area contributed by atoms with E-state index < -0.39 is 9.84 Å². The third-order valence-corrected chi connectivity index (χ3v) is 5.80. The second-order valence-corrected chi connectivity index (χ2v) is 9.55. The van der Waals surface area contributed by atoms with Gasteiger partial charge in [0.15, 0.2) is 9.84 Å². The third-order valence-electron chi connectivity index (χ3n) is 4.71. The van der Waals surface area contributed by atoms with Crippen molar-refractivity contribution in [3.05, 3.63) is 64.2 Å². The molecule has 5 nitrogen and oxygen atoms in total. The van der Waals surface area contributed by atoms with Crippen molar-refractivity contribution in [2.75, 3.05) is 37.3 Å². The Kier molecular flexibility index (Phi) is 5.77. The highest BCUT2D eigenvalue weighted by molar-refractivity contribution is 7.89. The number of amides is 1. The van der Waals surface area contributed by atoms with Gasteiger partial charge in [-0.25, -0.2) is 8.42 Å². The van der Waals surface area contributed by atoms with E-state index in [0.717, 1.165) is 18.8 Å². The number of piperazine rings is 1. The number of rotatable bonds is 4. The first kappa shape index (κ1) is 19.7. The SMILES string of the molecule is Cc1ccc(Cl)cc1N1CCN(C(=O)c2ccc(CS(C)(=O)=O)cc2)CC1. The molecule has 27 heavy (non-hydrogen) atoms. The van der Waals surface area contributed by atoms with E-state index in [1.54, 1.807) is 24.3 Å². The summed E-state index contributed by atoms with van der Waals surface area (Å²) in [6, 6.07) is 12.7. The molecule has 144 valence electrons. The van der Waals surface area contributed by atoms with Crippen LogP contribution < -0.4 is 4.90 Å². The molecule has 0 aromatic heterocycles. The van der Waals surface area contributed by atoms with E-state index >= 15 is 0 Å². The van der Waals surface area contributed by atoms with Crippen LogP contribution in [0, 0.1) is 6.92 Å². The minimum Gasteiger partial charge on any atom is -0.368 e. The van der Waals surface area contributed by atoms with Crippen LogP contribution in [-0.4, -0.2) is 51.7 Å². The Morgan fingerprint density at radius 2 is 1.67 bits per heavy atom. The Labute approximate surface area is 165 Å². The summed E-state index contributed by atoms with van der Waals surface area (Å²) in [6.07, 6.45) is 1.20. The van der Waals surface area contributed by atoms with Crippen LogP contribution in [0.4, 0.5) is 5.69 Å². The van der Waals surface area contributed by atoms with E-state index in [9.17, 15) is 13.2 Å². The van der Waals surface area contributed by atoms with Crippen LogP contribution in [-0.2, 0) is 15.6 Å². The zero-order valence-corrected chi connectivity index (χ0v) is 17.1. The fraction of sp³-hybridized carbons (Fsp3) is 0.350. The maximum Gasteiger partial charge on any atom is 0.253 e. The number of carbonyl (C=O) groups excluding carboxylic acids is 1. The first-order chi connectivity index (χ1) is 12.7. The highest BCUT2D eigenvalue weighted by Gasteiger charge is 2.23. The van der Waals surface area contributed by atoms with Crippen molar-refractivity contribution in [3.8, 4) is 0 Å².